The molecule has 4 heteroatoms. The van der Waals surface area contributed by atoms with Gasteiger partial charge in [0.15, 0.2) is 0 Å². The first-order valence-corrected chi connectivity index (χ1v) is 7.87. The molecule has 3 rings (SSSR count). The van der Waals surface area contributed by atoms with E-state index >= 15 is 0 Å². The molecule has 0 amide bonds. The molecule has 4 nitrogen and oxygen atoms in total. The molecule has 0 bridgehead atoms. The third-order valence-corrected chi connectivity index (χ3v) is 4.60. The maximum Gasteiger partial charge on any atom is 0.125 e. The Balaban J connectivity index is 1.48. The van der Waals surface area contributed by atoms with Crippen LogP contribution in [0.1, 0.15) is 19.3 Å². The summed E-state index contributed by atoms with van der Waals surface area (Å²) in [4.78, 5) is 2.46. The Hall–Kier alpha value is -1.10. The summed E-state index contributed by atoms with van der Waals surface area (Å²) in [6.07, 6.45) is 3.41. The van der Waals surface area contributed by atoms with E-state index in [9.17, 15) is 0 Å². The first-order valence-electron chi connectivity index (χ1n) is 7.87. The second-order valence-corrected chi connectivity index (χ2v) is 6.09. The highest BCUT2D eigenvalue weighted by atomic mass is 16.6. The number of benzene rings is 1. The summed E-state index contributed by atoms with van der Waals surface area (Å²) in [5.74, 6) is 0.945. The molecule has 0 radical (unpaired) electrons. The predicted octanol–water partition coefficient (Wildman–Crippen LogP) is 2.34. The Morgan fingerprint density at radius 3 is 2.71 bits per heavy atom. The van der Waals surface area contributed by atoms with Crippen LogP contribution in [0.4, 0.5) is 0 Å². The highest BCUT2D eigenvalue weighted by Crippen LogP contribution is 2.37. The van der Waals surface area contributed by atoms with Crippen LogP contribution in [-0.2, 0) is 9.47 Å². The van der Waals surface area contributed by atoms with Gasteiger partial charge in [-0.15, -0.1) is 0 Å². The quantitative estimate of drug-likeness (QED) is 0.833. The molecular weight excluding hydrogens is 266 g/mol. The highest BCUT2D eigenvalue weighted by Gasteiger charge is 2.43. The van der Waals surface area contributed by atoms with Gasteiger partial charge in [-0.2, -0.15) is 0 Å². The normalized spacial score (nSPS) is 25.3. The van der Waals surface area contributed by atoms with Crippen molar-refractivity contribution in [3.05, 3.63) is 30.3 Å². The fraction of sp³-hybridized carbons (Fsp3) is 0.647. The summed E-state index contributed by atoms with van der Waals surface area (Å²) in [6.45, 7) is 4.75. The third kappa shape index (κ3) is 3.76. The van der Waals surface area contributed by atoms with Crippen LogP contribution in [0, 0.1) is 0 Å². The molecule has 1 aromatic carbocycles. The average Bonchev–Trinajstić information content (AvgIpc) is 2.91. The van der Waals surface area contributed by atoms with Crippen LogP contribution in [0.3, 0.4) is 0 Å². The lowest BCUT2D eigenvalue weighted by atomic mass is 9.88. The Morgan fingerprint density at radius 2 is 2.00 bits per heavy atom. The Bertz CT molecular complexity index is 429. The summed E-state index contributed by atoms with van der Waals surface area (Å²) in [5.41, 5.74) is 0.0447. The molecule has 21 heavy (non-hydrogen) atoms. The van der Waals surface area contributed by atoms with Gasteiger partial charge < -0.3 is 19.1 Å². The molecule has 2 aliphatic heterocycles. The minimum atomic E-state index is 0.0447. The van der Waals surface area contributed by atoms with Gasteiger partial charge >= 0.3 is 0 Å². The number of nitrogens with zero attached hydrogens (tertiary/aromatic N) is 1. The van der Waals surface area contributed by atoms with Gasteiger partial charge in [-0.05, 0) is 25.0 Å². The van der Waals surface area contributed by atoms with Crippen molar-refractivity contribution >= 4 is 0 Å². The largest absolute Gasteiger partial charge is 0.488 e. The van der Waals surface area contributed by atoms with E-state index in [2.05, 4.69) is 4.90 Å². The molecule has 1 aromatic rings. The third-order valence-electron chi connectivity index (χ3n) is 4.60. The molecule has 116 valence electrons. The fourth-order valence-corrected chi connectivity index (χ4v) is 3.32. The molecule has 2 fully saturated rings. The minimum Gasteiger partial charge on any atom is -0.488 e. The van der Waals surface area contributed by atoms with E-state index in [-0.39, 0.29) is 11.7 Å². The number of methoxy groups -OCH3 is 1. The topological polar surface area (TPSA) is 30.9 Å². The monoisotopic (exact) mass is 291 g/mol. The molecule has 2 heterocycles. The van der Waals surface area contributed by atoms with Crippen molar-refractivity contribution in [3.8, 4) is 5.75 Å². The van der Waals surface area contributed by atoms with E-state index in [1.165, 1.54) is 0 Å². The summed E-state index contributed by atoms with van der Waals surface area (Å²) in [7, 11) is 1.76. The van der Waals surface area contributed by atoms with Crippen molar-refractivity contribution in [2.24, 2.45) is 0 Å². The van der Waals surface area contributed by atoms with Gasteiger partial charge in [-0.3, -0.25) is 0 Å². The van der Waals surface area contributed by atoms with Crippen molar-refractivity contribution in [1.82, 2.24) is 4.90 Å². The zero-order valence-electron chi connectivity index (χ0n) is 12.8. The maximum atomic E-state index is 6.14. The van der Waals surface area contributed by atoms with Crippen LogP contribution < -0.4 is 4.74 Å². The van der Waals surface area contributed by atoms with E-state index in [0.29, 0.717) is 6.61 Å². The standard InChI is InChI=1S/C17H25NO3/c1-19-12-11-18-9-7-17(8-10-18)13-16(14-20-17)21-15-5-3-2-4-6-15/h2-6,16H,7-14H2,1H3/t16-/m0/s1. The summed E-state index contributed by atoms with van der Waals surface area (Å²) in [5, 5.41) is 0. The van der Waals surface area contributed by atoms with Crippen molar-refractivity contribution < 1.29 is 14.2 Å². The van der Waals surface area contributed by atoms with E-state index in [1.54, 1.807) is 7.11 Å². The van der Waals surface area contributed by atoms with Crippen molar-refractivity contribution in [1.29, 1.82) is 0 Å². The summed E-state index contributed by atoms with van der Waals surface area (Å²) >= 11 is 0. The van der Waals surface area contributed by atoms with Crippen molar-refractivity contribution in [2.45, 2.75) is 31.0 Å². The molecule has 0 N–H and O–H groups in total. The number of likely N-dealkylation sites (tertiary alicyclic amines) is 1. The van der Waals surface area contributed by atoms with Crippen LogP contribution >= 0.6 is 0 Å². The number of hydrogen-bond donors (Lipinski definition) is 0. The van der Waals surface area contributed by atoms with Gasteiger partial charge in [0.05, 0.1) is 18.8 Å². The molecule has 0 aliphatic carbocycles. The van der Waals surface area contributed by atoms with E-state index in [0.717, 1.165) is 51.3 Å². The van der Waals surface area contributed by atoms with Crippen molar-refractivity contribution in [3.63, 3.8) is 0 Å². The minimum absolute atomic E-state index is 0.0447. The molecule has 0 saturated carbocycles. The lowest BCUT2D eigenvalue weighted by Gasteiger charge is -2.38. The van der Waals surface area contributed by atoms with Gasteiger partial charge in [0.2, 0.25) is 0 Å². The van der Waals surface area contributed by atoms with Crippen LogP contribution in [0.5, 0.6) is 5.75 Å². The summed E-state index contributed by atoms with van der Waals surface area (Å²) in [6, 6.07) is 10.1. The Kier molecular flexibility index (Phi) is 4.78. The van der Waals surface area contributed by atoms with Crippen LogP contribution in [0.15, 0.2) is 30.3 Å². The van der Waals surface area contributed by atoms with Crippen LogP contribution in [0.25, 0.3) is 0 Å². The van der Waals surface area contributed by atoms with Gasteiger partial charge in [0.25, 0.3) is 0 Å². The number of hydrogen-bond acceptors (Lipinski definition) is 4. The van der Waals surface area contributed by atoms with Crippen molar-refractivity contribution in [2.75, 3.05) is 40.0 Å². The molecule has 0 unspecified atom stereocenters. The van der Waals surface area contributed by atoms with E-state index in [4.69, 9.17) is 14.2 Å². The van der Waals surface area contributed by atoms with E-state index < -0.39 is 0 Å². The first kappa shape index (κ1) is 14.8. The lowest BCUT2D eigenvalue weighted by molar-refractivity contribution is -0.0465. The smallest absolute Gasteiger partial charge is 0.125 e. The number of piperidine rings is 1. The average molecular weight is 291 g/mol. The molecule has 1 atom stereocenters. The number of ether oxygens (including phenoxy) is 3. The van der Waals surface area contributed by atoms with E-state index in [1.807, 2.05) is 30.3 Å². The van der Waals surface area contributed by atoms with Crippen LogP contribution in [0.2, 0.25) is 0 Å². The van der Waals surface area contributed by atoms with Gasteiger partial charge in [-0.25, -0.2) is 0 Å². The number of para-hydroxylation sites is 1. The number of rotatable bonds is 5. The zero-order chi connectivity index (χ0) is 14.5. The predicted molar refractivity (Wildman–Crippen MR) is 81.7 cm³/mol. The first-order chi connectivity index (χ1) is 10.3. The SMILES string of the molecule is COCCN1CCC2(CC1)C[C@H](Oc1ccccc1)CO2. The fourth-order valence-electron chi connectivity index (χ4n) is 3.32. The molecular formula is C17H25NO3. The van der Waals surface area contributed by atoms with Crippen LogP contribution in [-0.4, -0.2) is 56.6 Å². The molecule has 2 saturated heterocycles. The molecule has 2 aliphatic rings. The molecule has 1 spiro atoms. The lowest BCUT2D eigenvalue weighted by Crippen LogP contribution is -2.45. The molecule has 0 aromatic heterocycles. The highest BCUT2D eigenvalue weighted by molar-refractivity contribution is 5.21. The van der Waals surface area contributed by atoms with Gasteiger partial charge in [0.1, 0.15) is 11.9 Å². The van der Waals surface area contributed by atoms with Gasteiger partial charge in [-0.1, -0.05) is 18.2 Å². The second kappa shape index (κ2) is 6.77. The Labute approximate surface area is 127 Å². The Morgan fingerprint density at radius 1 is 1.24 bits per heavy atom. The second-order valence-electron chi connectivity index (χ2n) is 6.09. The van der Waals surface area contributed by atoms with Gasteiger partial charge in [0, 0.05) is 33.2 Å². The summed E-state index contributed by atoms with van der Waals surface area (Å²) < 4.78 is 17.3. The zero-order valence-corrected chi connectivity index (χ0v) is 12.8. The maximum absolute atomic E-state index is 6.14.